The highest BCUT2D eigenvalue weighted by atomic mass is 16.6. The maximum Gasteiger partial charge on any atom is 0.333 e. The Labute approximate surface area is 403 Å². The molecule has 66 heavy (non-hydrogen) atoms. The number of fused-ring (bicyclic) bond motifs is 1. The van der Waals surface area contributed by atoms with Crippen LogP contribution in [-0.4, -0.2) is 110 Å². The Hall–Kier alpha value is -3.16. The van der Waals surface area contributed by atoms with Crippen molar-refractivity contribution in [2.45, 2.75) is 226 Å². The first-order valence-corrected chi connectivity index (χ1v) is 23.6. The van der Waals surface area contributed by atoms with Crippen LogP contribution in [0.5, 0.6) is 0 Å². The molecule has 5 saturated heterocycles. The van der Waals surface area contributed by atoms with E-state index in [0.29, 0.717) is 40.4 Å². The maximum absolute atomic E-state index is 11.0. The Balaban J connectivity index is 0. The number of Topliss-reactive ketones (excluding diaryl/α,β-unsaturated/α-hetero) is 1. The Bertz CT molecular complexity index is 1690. The van der Waals surface area contributed by atoms with Gasteiger partial charge >= 0.3 is 5.97 Å². The van der Waals surface area contributed by atoms with Crippen molar-refractivity contribution in [3.8, 4) is 0 Å². The lowest BCUT2D eigenvalue weighted by Gasteiger charge is -2.33. The van der Waals surface area contributed by atoms with Crippen molar-refractivity contribution in [1.82, 2.24) is 4.90 Å². The van der Waals surface area contributed by atoms with Gasteiger partial charge in [0.15, 0.2) is 5.78 Å². The standard InChI is InChI=1S/C9H16O.C7H9NO2.C7H12O2.C7H12O.C6H12O.2C5H10O.2C4H8O/c1-7-4-5-8(2)9(3,6-7)10-8;1-4-5(2)7(10)8(3)6(4)9;1-5(2)6(3)7(8)9-4;1-5(2)6(3)7(4)8;1-5(2)6(3)7-4;1-5(2)3-6-4-5;1-4-5(2,3)6-4;1-4(2)3-5-4;1-3-4(2)5-3/h7H,4-6H2,1-3H3;1-3H3;1-4H3;1-4H3;1-4H3;3-4H2,1-2H3;4H,1-3H3;3H2,1-2H3;3-4H,1-2H3. The first-order chi connectivity index (χ1) is 29.8. The quantitative estimate of drug-likeness (QED) is 0.0875. The molecule has 1 saturated carbocycles. The van der Waals surface area contributed by atoms with Crippen molar-refractivity contribution in [1.29, 1.82) is 0 Å². The van der Waals surface area contributed by atoms with Crippen LogP contribution in [0, 0.1) is 11.3 Å². The molecule has 0 radical (unpaired) electrons. The Morgan fingerprint density at radius 3 is 1.12 bits per heavy atom. The van der Waals surface area contributed by atoms with Crippen LogP contribution in [0.1, 0.15) is 185 Å². The maximum atomic E-state index is 11.0. The van der Waals surface area contributed by atoms with Crippen LogP contribution in [0.25, 0.3) is 0 Å². The second-order valence-electron chi connectivity index (χ2n) is 21.5. The van der Waals surface area contributed by atoms with Crippen molar-refractivity contribution in [2.24, 2.45) is 11.3 Å². The predicted molar refractivity (Wildman–Crippen MR) is 268 cm³/mol. The number of likely N-dealkylation sites (N-methyl/N-ethyl adjacent to an activating group) is 1. The number of allylic oxidation sites excluding steroid dienone is 5. The second-order valence-corrected chi connectivity index (χ2v) is 21.5. The fraction of sp³-hybridized carbons (Fsp3) is 0.778. The highest BCUT2D eigenvalue weighted by molar-refractivity contribution is 6.18. The highest BCUT2D eigenvalue weighted by Gasteiger charge is 2.64. The molecular weight excluding hydrogens is 839 g/mol. The molecule has 0 aromatic rings. The van der Waals surface area contributed by atoms with Crippen LogP contribution in [-0.2, 0) is 52.3 Å². The van der Waals surface area contributed by atoms with E-state index in [1.165, 1.54) is 39.0 Å². The first-order valence-electron chi connectivity index (χ1n) is 23.6. The summed E-state index contributed by atoms with van der Waals surface area (Å²) in [5, 5.41) is 0. The summed E-state index contributed by atoms with van der Waals surface area (Å²) in [6.45, 7) is 50.8. The summed E-state index contributed by atoms with van der Waals surface area (Å²) < 4.78 is 34.9. The van der Waals surface area contributed by atoms with Gasteiger partial charge in [0.25, 0.3) is 11.8 Å². The van der Waals surface area contributed by atoms with Crippen molar-refractivity contribution in [3.05, 3.63) is 44.8 Å². The molecule has 6 atom stereocenters. The van der Waals surface area contributed by atoms with E-state index in [-0.39, 0.29) is 46.0 Å². The first kappa shape index (κ1) is 64.9. The Morgan fingerprint density at radius 1 is 0.652 bits per heavy atom. The van der Waals surface area contributed by atoms with E-state index < -0.39 is 0 Å². The van der Waals surface area contributed by atoms with E-state index in [1.54, 1.807) is 34.8 Å². The van der Waals surface area contributed by atoms with Crippen molar-refractivity contribution in [3.63, 3.8) is 0 Å². The molecule has 7 rings (SSSR count). The molecule has 2 amide bonds. The summed E-state index contributed by atoms with van der Waals surface area (Å²) in [5.74, 6) is 1.46. The number of ketones is 1. The number of esters is 1. The molecule has 0 aromatic heterocycles. The van der Waals surface area contributed by atoms with Gasteiger partial charge in [-0.1, -0.05) is 31.9 Å². The summed E-state index contributed by atoms with van der Waals surface area (Å²) in [5.41, 5.74) is 7.52. The SMILES string of the molecule is CC(=O)C(C)=C(C)C.CC1(C)CO1.CC1(C)COC1.CC1=C(C)C(=O)N(C)C1=O.CC1CCC2(C)OC2(C)C1.CC1OC1(C)C.CC1OC1C.COC(=O)C(C)=C(C)C.COC(C)=C(C)C. The molecule has 6 aliphatic heterocycles. The molecule has 7 aliphatic rings. The lowest BCUT2D eigenvalue weighted by Crippen LogP contribution is -2.36. The van der Waals surface area contributed by atoms with Crippen molar-refractivity contribution >= 4 is 23.6 Å². The van der Waals surface area contributed by atoms with Crippen LogP contribution in [0.3, 0.4) is 0 Å². The average Bonchev–Trinajstić information content (AvgIpc) is 4.19. The minimum absolute atomic E-state index is 0.171. The van der Waals surface area contributed by atoms with Crippen LogP contribution >= 0.6 is 0 Å². The van der Waals surface area contributed by atoms with E-state index in [4.69, 9.17) is 28.4 Å². The highest BCUT2D eigenvalue weighted by Crippen LogP contribution is 2.58. The van der Waals surface area contributed by atoms with Crippen LogP contribution in [0.15, 0.2) is 44.8 Å². The lowest BCUT2D eigenvalue weighted by atomic mass is 9.77. The number of imide groups is 1. The van der Waals surface area contributed by atoms with Crippen molar-refractivity contribution < 1.29 is 52.3 Å². The zero-order valence-electron chi connectivity index (χ0n) is 47.0. The van der Waals surface area contributed by atoms with E-state index >= 15 is 0 Å². The van der Waals surface area contributed by atoms with Crippen LogP contribution in [0.2, 0.25) is 0 Å². The number of carbonyl (C=O) groups is 4. The number of carbonyl (C=O) groups excluding carboxylic acids is 4. The van der Waals surface area contributed by atoms with Gasteiger partial charge in [-0.15, -0.1) is 0 Å². The summed E-state index contributed by atoms with van der Waals surface area (Å²) >= 11 is 0. The number of epoxide rings is 4. The molecule has 0 bridgehead atoms. The average molecular weight is 936 g/mol. The predicted octanol–water partition coefficient (Wildman–Crippen LogP) is 11.9. The van der Waals surface area contributed by atoms with Gasteiger partial charge in [0.2, 0.25) is 0 Å². The van der Waals surface area contributed by atoms with Gasteiger partial charge < -0.3 is 33.2 Å². The molecule has 384 valence electrons. The van der Waals surface area contributed by atoms with Gasteiger partial charge in [-0.2, -0.15) is 0 Å². The summed E-state index contributed by atoms with van der Waals surface area (Å²) in [6.07, 6.45) is 5.49. The number of rotatable bonds is 3. The van der Waals surface area contributed by atoms with E-state index in [0.717, 1.165) is 53.1 Å². The largest absolute Gasteiger partial charge is 0.501 e. The topological polar surface area (TPSA) is 149 Å². The molecular formula is C54H97NO11. The third-order valence-electron chi connectivity index (χ3n) is 12.8. The van der Waals surface area contributed by atoms with Gasteiger partial charge in [-0.25, -0.2) is 4.79 Å². The van der Waals surface area contributed by atoms with E-state index in [2.05, 4.69) is 87.8 Å². The van der Waals surface area contributed by atoms with E-state index in [1.807, 2.05) is 55.4 Å². The number of hydrogen-bond acceptors (Lipinski definition) is 11. The molecule has 12 heteroatoms. The fourth-order valence-electron chi connectivity index (χ4n) is 5.53. The molecule has 0 aromatic carbocycles. The number of methoxy groups -OCH3 is 2. The minimum atomic E-state index is -0.241. The Kier molecular flexibility index (Phi) is 27.3. The zero-order chi connectivity index (χ0) is 52.5. The Morgan fingerprint density at radius 2 is 1.02 bits per heavy atom. The fourth-order valence-corrected chi connectivity index (χ4v) is 5.53. The molecule has 6 fully saturated rings. The lowest BCUT2D eigenvalue weighted by molar-refractivity contribution is -0.137. The smallest absolute Gasteiger partial charge is 0.333 e. The van der Waals surface area contributed by atoms with Gasteiger partial charge in [0, 0.05) is 29.2 Å². The normalized spacial score (nSPS) is 27.2. The minimum Gasteiger partial charge on any atom is -0.501 e. The van der Waals surface area contributed by atoms with Gasteiger partial charge in [0.1, 0.15) is 0 Å². The summed E-state index contributed by atoms with van der Waals surface area (Å²) in [6, 6.07) is 0. The molecule has 0 N–H and O–H groups in total. The number of amides is 2. The van der Waals surface area contributed by atoms with Crippen molar-refractivity contribution in [2.75, 3.05) is 41.1 Å². The number of nitrogens with zero attached hydrogens (tertiary/aromatic N) is 1. The van der Waals surface area contributed by atoms with Crippen LogP contribution < -0.4 is 0 Å². The van der Waals surface area contributed by atoms with Gasteiger partial charge in [0.05, 0.1) is 80.5 Å². The van der Waals surface area contributed by atoms with Gasteiger partial charge in [-0.3, -0.25) is 19.3 Å². The molecule has 0 spiro atoms. The summed E-state index contributed by atoms with van der Waals surface area (Å²) in [7, 11) is 4.56. The molecule has 6 heterocycles. The number of ether oxygens (including phenoxy) is 7. The third kappa shape index (κ3) is 25.3. The number of hydrogen-bond donors (Lipinski definition) is 0. The summed E-state index contributed by atoms with van der Waals surface area (Å²) in [4.78, 5) is 44.3. The monoisotopic (exact) mass is 936 g/mol. The molecule has 12 nitrogen and oxygen atoms in total. The molecule has 1 aliphatic carbocycles. The molecule has 6 unspecified atom stereocenters. The second kappa shape index (κ2) is 27.7. The third-order valence-corrected chi connectivity index (χ3v) is 12.8. The zero-order valence-corrected chi connectivity index (χ0v) is 47.0. The van der Waals surface area contributed by atoms with Crippen LogP contribution in [0.4, 0.5) is 0 Å². The van der Waals surface area contributed by atoms with E-state index in [9.17, 15) is 19.2 Å². The van der Waals surface area contributed by atoms with Gasteiger partial charge in [-0.05, 0) is 182 Å².